The molecule has 4 aromatic rings. The molecule has 0 aliphatic heterocycles. The van der Waals surface area contributed by atoms with Gasteiger partial charge in [-0.05, 0) is 60.2 Å². The van der Waals surface area contributed by atoms with Crippen LogP contribution in [0.2, 0.25) is 0 Å². The molecule has 10 heteroatoms. The Morgan fingerprint density at radius 2 is 1.29 bits per heavy atom. The van der Waals surface area contributed by atoms with Crippen LogP contribution in [0, 0.1) is 0 Å². The predicted molar refractivity (Wildman–Crippen MR) is 137 cm³/mol. The smallest absolute Gasteiger partial charge is 0.250 e. The van der Waals surface area contributed by atoms with Gasteiger partial charge in [-0.2, -0.15) is 20.1 Å². The molecule has 0 radical (unpaired) electrons. The van der Waals surface area contributed by atoms with Crippen molar-refractivity contribution < 1.29 is 14.2 Å². The van der Waals surface area contributed by atoms with Gasteiger partial charge >= 0.3 is 0 Å². The number of aromatic nitrogens is 3. The molecule has 0 fully saturated rings. The fourth-order valence-corrected chi connectivity index (χ4v) is 3.09. The molecule has 0 atom stereocenters. The molecule has 1 heterocycles. The van der Waals surface area contributed by atoms with Gasteiger partial charge in [-0.25, -0.2) is 5.43 Å². The first-order chi connectivity index (χ1) is 17.2. The van der Waals surface area contributed by atoms with Gasteiger partial charge in [-0.3, -0.25) is 0 Å². The maximum atomic E-state index is 5.34. The predicted octanol–water partition coefficient (Wildman–Crippen LogP) is 4.83. The summed E-state index contributed by atoms with van der Waals surface area (Å²) >= 11 is 0. The number of hydrogen-bond donors (Lipinski definition) is 3. The van der Waals surface area contributed by atoms with Crippen molar-refractivity contribution in [3.63, 3.8) is 0 Å². The average molecular weight is 472 g/mol. The van der Waals surface area contributed by atoms with E-state index in [0.29, 0.717) is 23.4 Å². The highest BCUT2D eigenvalue weighted by Gasteiger charge is 2.08. The summed E-state index contributed by atoms with van der Waals surface area (Å²) in [7, 11) is 4.80. The van der Waals surface area contributed by atoms with Crippen LogP contribution >= 0.6 is 0 Å². The average Bonchev–Trinajstić information content (AvgIpc) is 2.89. The Labute approximate surface area is 203 Å². The first-order valence-corrected chi connectivity index (χ1v) is 10.7. The summed E-state index contributed by atoms with van der Waals surface area (Å²) in [4.78, 5) is 13.3. The van der Waals surface area contributed by atoms with Gasteiger partial charge < -0.3 is 24.8 Å². The number of ether oxygens (including phenoxy) is 3. The lowest BCUT2D eigenvalue weighted by molar-refractivity contribution is 0.355. The number of para-hydroxylation sites is 1. The third kappa shape index (κ3) is 6.35. The minimum atomic E-state index is 0.256. The van der Waals surface area contributed by atoms with Crippen molar-refractivity contribution in [3.05, 3.63) is 78.4 Å². The lowest BCUT2D eigenvalue weighted by Crippen LogP contribution is -2.07. The van der Waals surface area contributed by atoms with Crippen molar-refractivity contribution in [1.82, 2.24) is 15.0 Å². The number of hydrogen-bond acceptors (Lipinski definition) is 10. The highest BCUT2D eigenvalue weighted by Crippen LogP contribution is 2.27. The van der Waals surface area contributed by atoms with E-state index in [1.54, 1.807) is 27.5 Å². The van der Waals surface area contributed by atoms with Crippen molar-refractivity contribution in [1.29, 1.82) is 0 Å². The largest absolute Gasteiger partial charge is 0.497 e. The molecule has 4 rings (SSSR count). The highest BCUT2D eigenvalue weighted by molar-refractivity contribution is 5.81. The molecule has 1 aromatic heterocycles. The molecule has 10 nitrogen and oxygen atoms in total. The maximum Gasteiger partial charge on any atom is 0.250 e. The number of methoxy groups -OCH3 is 3. The second-order valence-electron chi connectivity index (χ2n) is 7.14. The monoisotopic (exact) mass is 471 g/mol. The molecule has 0 aliphatic rings. The Hall–Kier alpha value is -4.86. The van der Waals surface area contributed by atoms with Gasteiger partial charge in [0, 0.05) is 11.4 Å². The van der Waals surface area contributed by atoms with E-state index >= 15 is 0 Å². The Bertz CT molecular complexity index is 1280. The van der Waals surface area contributed by atoms with Crippen LogP contribution in [-0.4, -0.2) is 42.5 Å². The molecule has 0 spiro atoms. The van der Waals surface area contributed by atoms with Crippen molar-refractivity contribution in [2.24, 2.45) is 5.10 Å². The van der Waals surface area contributed by atoms with Gasteiger partial charge in [0.2, 0.25) is 17.8 Å². The van der Waals surface area contributed by atoms with Crippen LogP contribution in [0.5, 0.6) is 17.2 Å². The van der Waals surface area contributed by atoms with Gasteiger partial charge in [-0.1, -0.05) is 18.2 Å². The highest BCUT2D eigenvalue weighted by atomic mass is 16.5. The first-order valence-electron chi connectivity index (χ1n) is 10.7. The van der Waals surface area contributed by atoms with Gasteiger partial charge in [-0.15, -0.1) is 0 Å². The second kappa shape index (κ2) is 11.3. The fourth-order valence-electron chi connectivity index (χ4n) is 3.09. The van der Waals surface area contributed by atoms with Gasteiger partial charge in [0.25, 0.3) is 0 Å². The van der Waals surface area contributed by atoms with Crippen molar-refractivity contribution in [2.75, 3.05) is 37.4 Å². The standard InChI is InChI=1S/C25H25N7O3/c1-33-20-12-10-19(11-13-20)28-24-29-23(27-18-7-5-4-6-8-18)30-25(31-24)32-26-16-17-9-14-21(34-2)22(15-17)35-3/h4-16H,1-3H3,(H3,27,28,29,30,31,32). The summed E-state index contributed by atoms with van der Waals surface area (Å²) in [5.74, 6) is 2.95. The number of anilines is 5. The molecule has 178 valence electrons. The van der Waals surface area contributed by atoms with Gasteiger partial charge in [0.15, 0.2) is 11.5 Å². The van der Waals surface area contributed by atoms with E-state index in [0.717, 1.165) is 22.7 Å². The van der Waals surface area contributed by atoms with Crippen molar-refractivity contribution in [2.45, 2.75) is 0 Å². The number of hydrazone groups is 1. The lowest BCUT2D eigenvalue weighted by Gasteiger charge is -2.10. The van der Waals surface area contributed by atoms with Crippen LogP contribution in [0.1, 0.15) is 5.56 Å². The normalized spacial score (nSPS) is 10.6. The Morgan fingerprint density at radius 3 is 1.91 bits per heavy atom. The quantitative estimate of drug-likeness (QED) is 0.221. The van der Waals surface area contributed by atoms with Gasteiger partial charge in [0.1, 0.15) is 5.75 Å². The van der Waals surface area contributed by atoms with E-state index in [4.69, 9.17) is 14.2 Å². The molecule has 0 unspecified atom stereocenters. The van der Waals surface area contributed by atoms with Crippen LogP contribution in [0.3, 0.4) is 0 Å². The molecule has 0 amide bonds. The molecule has 3 aromatic carbocycles. The van der Waals surface area contributed by atoms with Gasteiger partial charge in [0.05, 0.1) is 27.5 Å². The summed E-state index contributed by atoms with van der Waals surface area (Å²) < 4.78 is 15.8. The lowest BCUT2D eigenvalue weighted by atomic mass is 10.2. The van der Waals surface area contributed by atoms with Crippen molar-refractivity contribution >= 4 is 35.4 Å². The second-order valence-corrected chi connectivity index (χ2v) is 7.14. The summed E-state index contributed by atoms with van der Waals surface area (Å²) in [6, 6.07) is 22.5. The van der Waals surface area contributed by atoms with Crippen LogP contribution in [0.15, 0.2) is 77.9 Å². The summed E-state index contributed by atoms with van der Waals surface area (Å²) in [5.41, 5.74) is 5.31. The minimum Gasteiger partial charge on any atom is -0.497 e. The van der Waals surface area contributed by atoms with E-state index < -0.39 is 0 Å². The summed E-state index contributed by atoms with van der Waals surface area (Å²) in [6.07, 6.45) is 1.63. The maximum absolute atomic E-state index is 5.34. The zero-order valence-electron chi connectivity index (χ0n) is 19.5. The molecular formula is C25H25N7O3. The first kappa shape index (κ1) is 23.3. The number of benzene rings is 3. The minimum absolute atomic E-state index is 0.256. The Balaban J connectivity index is 1.56. The van der Waals surface area contributed by atoms with Crippen LogP contribution in [-0.2, 0) is 0 Å². The van der Waals surface area contributed by atoms with Crippen LogP contribution in [0.4, 0.5) is 29.2 Å². The van der Waals surface area contributed by atoms with Crippen molar-refractivity contribution in [3.8, 4) is 17.2 Å². The van der Waals surface area contributed by atoms with E-state index in [1.165, 1.54) is 0 Å². The van der Waals surface area contributed by atoms with E-state index in [1.807, 2.05) is 72.8 Å². The topological polar surface area (TPSA) is 115 Å². The third-order valence-electron chi connectivity index (χ3n) is 4.80. The number of nitrogens with zero attached hydrogens (tertiary/aromatic N) is 4. The molecule has 0 aliphatic carbocycles. The van der Waals surface area contributed by atoms with E-state index in [9.17, 15) is 0 Å². The molecule has 35 heavy (non-hydrogen) atoms. The summed E-state index contributed by atoms with van der Waals surface area (Å²) in [6.45, 7) is 0. The van der Waals surface area contributed by atoms with Crippen LogP contribution < -0.4 is 30.3 Å². The number of rotatable bonds is 10. The molecule has 0 bridgehead atoms. The molecular weight excluding hydrogens is 446 g/mol. The van der Waals surface area contributed by atoms with Crippen LogP contribution in [0.25, 0.3) is 0 Å². The Morgan fingerprint density at radius 1 is 0.657 bits per heavy atom. The fraction of sp³-hybridized carbons (Fsp3) is 0.120. The van der Waals surface area contributed by atoms with E-state index in [-0.39, 0.29) is 5.95 Å². The molecule has 0 saturated carbocycles. The SMILES string of the molecule is COc1ccc(Nc2nc(NN=Cc3ccc(OC)c(OC)c3)nc(Nc3ccccc3)n2)cc1. The van der Waals surface area contributed by atoms with E-state index in [2.05, 4.69) is 36.1 Å². The number of nitrogens with one attached hydrogen (secondary N) is 3. The third-order valence-corrected chi connectivity index (χ3v) is 4.80. The Kier molecular flexibility index (Phi) is 7.54. The zero-order valence-corrected chi connectivity index (χ0v) is 19.5. The summed E-state index contributed by atoms with van der Waals surface area (Å²) in [5, 5.41) is 10.6. The molecule has 3 N–H and O–H groups in total. The molecule has 0 saturated heterocycles. The zero-order chi connectivity index (χ0) is 24.5.